The highest BCUT2D eigenvalue weighted by atomic mass is 33.1. The summed E-state index contributed by atoms with van der Waals surface area (Å²) in [7, 11) is 4.44. The van der Waals surface area contributed by atoms with Crippen LogP contribution in [0.25, 0.3) is 0 Å². The van der Waals surface area contributed by atoms with Gasteiger partial charge < -0.3 is 71.6 Å². The number of aromatic nitrogens is 1. The van der Waals surface area contributed by atoms with E-state index in [0.717, 1.165) is 30.7 Å². The number of piperidine rings is 1. The summed E-state index contributed by atoms with van der Waals surface area (Å²) in [6, 6.07) is 2.25. The van der Waals surface area contributed by atoms with Gasteiger partial charge in [-0.25, -0.2) is 15.2 Å². The first kappa shape index (κ1) is 77.9. The maximum Gasteiger partial charge on any atom is 0.426 e. The number of likely N-dealkylation sites (tertiary alicyclic amines) is 1. The second kappa shape index (κ2) is 41.2. The van der Waals surface area contributed by atoms with Crippen molar-refractivity contribution in [3.8, 4) is 5.75 Å². The van der Waals surface area contributed by atoms with Crippen molar-refractivity contribution in [3.63, 3.8) is 0 Å². The zero-order valence-corrected chi connectivity index (χ0v) is 55.1. The molecule has 1 saturated heterocycles. The van der Waals surface area contributed by atoms with Gasteiger partial charge in [0.15, 0.2) is 12.8 Å². The van der Waals surface area contributed by atoms with E-state index >= 15 is 0 Å². The number of hydrogen-bond acceptors (Lipinski definition) is 23. The molecule has 1 aromatic carbocycles. The molecule has 2 unspecified atom stereocenters. The van der Waals surface area contributed by atoms with Crippen molar-refractivity contribution in [1.82, 2.24) is 46.9 Å². The van der Waals surface area contributed by atoms with Crippen LogP contribution in [0.4, 0.5) is 4.79 Å². The van der Waals surface area contributed by atoms with E-state index in [1.165, 1.54) is 50.9 Å². The van der Waals surface area contributed by atoms with Gasteiger partial charge in [0.2, 0.25) is 35.4 Å². The number of phenols is 1. The van der Waals surface area contributed by atoms with Gasteiger partial charge in [-0.1, -0.05) is 88.1 Å². The van der Waals surface area contributed by atoms with Crippen LogP contribution < -0.4 is 37.9 Å². The van der Waals surface area contributed by atoms with E-state index in [4.69, 9.17) is 25.1 Å². The average molecular weight is 1330 g/mol. The highest BCUT2D eigenvalue weighted by Gasteiger charge is 2.40. The smallest absolute Gasteiger partial charge is 0.426 e. The molecule has 1 aromatic heterocycles. The average Bonchev–Trinajstić information content (AvgIpc) is 4.02. The maximum atomic E-state index is 14.9. The normalized spacial score (nSPS) is 16.7. The third kappa shape index (κ3) is 28.0. The van der Waals surface area contributed by atoms with Crippen LogP contribution in [0, 0.1) is 17.8 Å². The number of benzene rings is 1. The van der Waals surface area contributed by atoms with Crippen LogP contribution in [-0.4, -0.2) is 200 Å². The van der Waals surface area contributed by atoms with E-state index in [9.17, 15) is 68.4 Å². The molecule has 90 heavy (non-hydrogen) atoms. The number of nitrogens with one attached hydrogen (secondary N) is 6. The zero-order chi connectivity index (χ0) is 67.0. The molecule has 506 valence electrons. The van der Waals surface area contributed by atoms with Crippen LogP contribution >= 0.6 is 32.9 Å². The van der Waals surface area contributed by atoms with E-state index in [1.54, 1.807) is 19.1 Å². The number of aliphatic hydroxyl groups is 4. The fourth-order valence-corrected chi connectivity index (χ4v) is 12.2. The molecule has 1 aliphatic heterocycles. The number of rotatable bonds is 40. The molecule has 31 heteroatoms. The number of carbonyl (C=O) groups is 10. The van der Waals surface area contributed by atoms with Gasteiger partial charge in [-0.3, -0.25) is 53.5 Å². The molecule has 1 aliphatic rings. The van der Waals surface area contributed by atoms with Gasteiger partial charge in [0.1, 0.15) is 47.3 Å². The molecule has 3 rings (SSSR count). The first-order valence-electron chi connectivity index (χ1n) is 30.3. The number of nitrogens with zero attached hydrogens (tertiary/aromatic N) is 3. The van der Waals surface area contributed by atoms with Crippen molar-refractivity contribution in [2.45, 2.75) is 187 Å². The van der Waals surface area contributed by atoms with Gasteiger partial charge in [0.05, 0.1) is 18.8 Å². The van der Waals surface area contributed by atoms with Crippen LogP contribution in [0.1, 0.15) is 153 Å². The number of carbonyl (C=O) groups excluding carboxylic acids is 10. The lowest BCUT2D eigenvalue weighted by Crippen LogP contribution is -2.59. The van der Waals surface area contributed by atoms with Crippen LogP contribution in [0.3, 0.4) is 0 Å². The van der Waals surface area contributed by atoms with Crippen molar-refractivity contribution < 1.29 is 87.7 Å². The lowest BCUT2D eigenvalue weighted by atomic mass is 9.92. The topological polar surface area (TPSA) is 417 Å². The molecule has 0 spiro atoms. The summed E-state index contributed by atoms with van der Waals surface area (Å²) in [5.41, 5.74) is 10.6. The number of thiazole rings is 1. The molecule has 2 heterocycles. The number of primary amides is 1. The van der Waals surface area contributed by atoms with Crippen molar-refractivity contribution in [2.75, 3.05) is 51.6 Å². The Bertz CT molecular complexity index is 2620. The molecule has 0 saturated carbocycles. The van der Waals surface area contributed by atoms with E-state index in [0.29, 0.717) is 36.3 Å². The van der Waals surface area contributed by atoms with Gasteiger partial charge in [-0.2, -0.15) is 0 Å². The van der Waals surface area contributed by atoms with Crippen molar-refractivity contribution in [1.29, 1.82) is 0 Å². The third-order valence-corrected chi connectivity index (χ3v) is 18.3. The number of hydrogen-bond donors (Lipinski definition) is 12. The van der Waals surface area contributed by atoms with E-state index < -0.39 is 127 Å². The van der Waals surface area contributed by atoms with Gasteiger partial charge in [0, 0.05) is 74.0 Å². The van der Waals surface area contributed by atoms with Crippen LogP contribution in [-0.2, 0) is 59.0 Å². The SMILES string of the molecule is CCCC(=O)OCN(C(=O)[C@@H](NC(=O)[C@H]1CCCCN1C)C(C)CC)[C@H](C[C@@H](OC(C)=O)c1nc(C(=O)N[C@@H](Cc2ccc(O)cc2)C[C@H](C)C(=O)NNC(=O)OCCSSCCC(=O)N[C@@H](CCC(=O)NCC[C@@H](O)C(O)[C@H](O)CO)C(N)=O)cs1)C(C)C. The number of phenolic OH excluding ortho intramolecular Hbond substituents is 1. The molecule has 28 nitrogen and oxygen atoms in total. The molecule has 13 N–H and O–H groups in total. The second-order valence-corrected chi connectivity index (χ2v) is 26.2. The van der Waals surface area contributed by atoms with Crippen molar-refractivity contribution in [2.24, 2.45) is 23.5 Å². The molecule has 1 fully saturated rings. The number of ether oxygens (including phenoxy) is 3. The fraction of sp³-hybridized carbons (Fsp3) is 0.678. The minimum absolute atomic E-state index is 0.0149. The maximum absolute atomic E-state index is 14.9. The van der Waals surface area contributed by atoms with E-state index in [1.807, 2.05) is 46.6 Å². The van der Waals surface area contributed by atoms with E-state index in [-0.39, 0.29) is 98.7 Å². The molecular formula is C59H94N10O18S3. The fourth-order valence-electron chi connectivity index (χ4n) is 9.58. The first-order chi connectivity index (χ1) is 42.7. The van der Waals surface area contributed by atoms with Crippen LogP contribution in [0.2, 0.25) is 0 Å². The number of nitrogens with two attached hydrogens (primary N) is 1. The highest BCUT2D eigenvalue weighted by molar-refractivity contribution is 8.76. The lowest BCUT2D eigenvalue weighted by molar-refractivity contribution is -0.160. The molecule has 2 aromatic rings. The Morgan fingerprint density at radius 1 is 0.856 bits per heavy atom. The van der Waals surface area contributed by atoms with Crippen molar-refractivity contribution >= 4 is 92.3 Å². The third-order valence-electron chi connectivity index (χ3n) is 15.0. The van der Waals surface area contributed by atoms with Crippen LogP contribution in [0.15, 0.2) is 29.6 Å². The largest absolute Gasteiger partial charge is 0.508 e. The molecular weight excluding hydrogens is 1230 g/mol. The summed E-state index contributed by atoms with van der Waals surface area (Å²) in [6.45, 7) is 11.5. The lowest BCUT2D eigenvalue weighted by Gasteiger charge is -2.39. The molecule has 0 radical (unpaired) electrons. The van der Waals surface area contributed by atoms with Crippen molar-refractivity contribution in [3.05, 3.63) is 45.9 Å². The number of esters is 2. The predicted octanol–water partition coefficient (Wildman–Crippen LogP) is 2.24. The van der Waals surface area contributed by atoms with E-state index in [2.05, 4.69) is 37.1 Å². The summed E-state index contributed by atoms with van der Waals surface area (Å²) < 4.78 is 16.7. The molecule has 0 aliphatic carbocycles. The molecule has 8 amide bonds. The summed E-state index contributed by atoms with van der Waals surface area (Å²) in [4.78, 5) is 139. The summed E-state index contributed by atoms with van der Waals surface area (Å²) >= 11 is 1.05. The number of likely N-dealkylation sites (N-methyl/N-ethyl adjacent to an activating group) is 1. The van der Waals surface area contributed by atoms with Gasteiger partial charge in [0.25, 0.3) is 5.91 Å². The first-order valence-corrected chi connectivity index (χ1v) is 33.7. The monoisotopic (exact) mass is 1330 g/mol. The predicted molar refractivity (Wildman–Crippen MR) is 336 cm³/mol. The van der Waals surface area contributed by atoms with Gasteiger partial charge in [-0.15, -0.1) is 11.3 Å². The minimum Gasteiger partial charge on any atom is -0.508 e. The molecule has 11 atom stereocenters. The Kier molecular flexibility index (Phi) is 35.7. The Morgan fingerprint density at radius 3 is 2.19 bits per heavy atom. The van der Waals surface area contributed by atoms with Gasteiger partial charge in [-0.05, 0) is 88.1 Å². The Labute approximate surface area is 537 Å². The summed E-state index contributed by atoms with van der Waals surface area (Å²) in [5.74, 6) is -5.92. The quantitative estimate of drug-likeness (QED) is 0.0114. The van der Waals surface area contributed by atoms with Crippen LogP contribution in [0.5, 0.6) is 5.75 Å². The summed E-state index contributed by atoms with van der Waals surface area (Å²) in [6.07, 6.45) is -3.25. The molecule has 0 bridgehead atoms. The zero-order valence-electron chi connectivity index (χ0n) is 52.6. The Morgan fingerprint density at radius 2 is 1.56 bits per heavy atom. The number of hydrazine groups is 1. The second-order valence-electron chi connectivity index (χ2n) is 22.6. The minimum atomic E-state index is -1.61. The number of amides is 8. The Balaban J connectivity index is 1.62. The summed E-state index contributed by atoms with van der Waals surface area (Å²) in [5, 5.41) is 60.6. The van der Waals surface area contributed by atoms with Gasteiger partial charge >= 0.3 is 18.0 Å². The standard InChI is InChI=1S/C59H94N10O18S3/c1-9-13-50(77)86-33-69(58(83)51(35(5)10-2)65-56(82)43-14-11-12-24-68(43)8)44(34(3)4)30-47(87-37(7)71)57-64-42(32-88-57)55(81)62-39(29-38-15-17-40(72)18-16-38)28-36(6)54(80)66-67-59(84)85-25-27-90-89-26-22-49(76)63-41(53(60)79)19-20-48(75)61-23-21-45(73)52(78)46(74)31-70/h15-18,32,34-36,39,41,43-47,51-52,70,72-74,78H,9-14,19-31,33H2,1-8H3,(H2,60,79)(H,61,75)(H,62,81)(H,63,76)(H,65,82)(H,66,80)(H,67,84)/t35?,36-,39+,41-,43+,44+,45+,46+,47+,51-,52?/m0/s1. The number of aromatic hydroxyl groups is 1. The Hall–Kier alpha value is -6.35. The number of aliphatic hydroxyl groups excluding tert-OH is 4. The highest BCUT2D eigenvalue weighted by Crippen LogP contribution is 2.32.